The molecule has 1 heterocycles. The van der Waals surface area contributed by atoms with E-state index >= 15 is 0 Å². The third-order valence-electron chi connectivity index (χ3n) is 4.95. The van der Waals surface area contributed by atoms with Crippen LogP contribution in [0.5, 0.6) is 0 Å². The molecule has 1 saturated heterocycles. The summed E-state index contributed by atoms with van der Waals surface area (Å²) >= 11 is 3.51. The highest BCUT2D eigenvalue weighted by molar-refractivity contribution is 9.10. The summed E-state index contributed by atoms with van der Waals surface area (Å²) in [6.07, 6.45) is 9.21. The number of nitrogens with zero attached hydrogens (tertiary/aromatic N) is 1. The second kappa shape index (κ2) is 5.28. The summed E-state index contributed by atoms with van der Waals surface area (Å²) in [4.78, 5) is 13.6. The van der Waals surface area contributed by atoms with Crippen LogP contribution in [0.15, 0.2) is 22.7 Å². The smallest absolute Gasteiger partial charge is 0.152 e. The molecule has 2 nitrogen and oxygen atoms in total. The number of halogens is 1. The number of carbonyl (C=O) groups excluding carboxylic acids is 1. The van der Waals surface area contributed by atoms with Gasteiger partial charge in [-0.2, -0.15) is 0 Å². The number of piperidine rings is 1. The average molecular weight is 322 g/mol. The molecule has 1 aromatic rings. The Bertz CT molecular complexity index is 470. The van der Waals surface area contributed by atoms with E-state index in [2.05, 4.69) is 26.9 Å². The zero-order chi connectivity index (χ0) is 13.3. The van der Waals surface area contributed by atoms with Gasteiger partial charge in [0.05, 0.1) is 0 Å². The third kappa shape index (κ3) is 2.58. The maximum absolute atomic E-state index is 11.2. The maximum atomic E-state index is 11.2. The summed E-state index contributed by atoms with van der Waals surface area (Å²) in [5.41, 5.74) is 2.53. The Labute approximate surface area is 123 Å². The lowest BCUT2D eigenvalue weighted by atomic mass is 9.77. The van der Waals surface area contributed by atoms with Gasteiger partial charge < -0.3 is 4.90 Å². The molecule has 0 amide bonds. The van der Waals surface area contributed by atoms with Crippen molar-refractivity contribution in [3.8, 4) is 0 Å². The molecule has 0 bridgehead atoms. The highest BCUT2D eigenvalue weighted by atomic mass is 79.9. The molecule has 1 aliphatic carbocycles. The Kier molecular flexibility index (Phi) is 3.66. The lowest BCUT2D eigenvalue weighted by Crippen LogP contribution is -2.39. The topological polar surface area (TPSA) is 20.3 Å². The molecular formula is C16H20BrNO. The molecule has 0 N–H and O–H groups in total. The summed E-state index contributed by atoms with van der Waals surface area (Å²) < 4.78 is 1.05. The van der Waals surface area contributed by atoms with Gasteiger partial charge in [0.15, 0.2) is 6.29 Å². The van der Waals surface area contributed by atoms with Crippen molar-refractivity contribution < 1.29 is 4.79 Å². The molecule has 0 atom stereocenters. The van der Waals surface area contributed by atoms with Crippen molar-refractivity contribution in [3.05, 3.63) is 28.2 Å². The highest BCUT2D eigenvalue weighted by Crippen LogP contribution is 2.46. The van der Waals surface area contributed by atoms with E-state index in [1.165, 1.54) is 38.5 Å². The number of anilines is 1. The molecule has 1 aromatic carbocycles. The Hall–Kier alpha value is -0.830. The van der Waals surface area contributed by atoms with Gasteiger partial charge in [0.1, 0.15) is 0 Å². The van der Waals surface area contributed by atoms with Crippen molar-refractivity contribution in [1.82, 2.24) is 0 Å². The van der Waals surface area contributed by atoms with Crippen molar-refractivity contribution in [2.24, 2.45) is 5.41 Å². The fourth-order valence-corrected chi connectivity index (χ4v) is 4.09. The van der Waals surface area contributed by atoms with Crippen LogP contribution in [0, 0.1) is 5.41 Å². The normalized spacial score (nSPS) is 21.8. The molecule has 0 aromatic heterocycles. The fraction of sp³-hybridized carbons (Fsp3) is 0.562. The first kappa shape index (κ1) is 13.2. The second-order valence-corrected chi connectivity index (χ2v) is 6.93. The summed E-state index contributed by atoms with van der Waals surface area (Å²) in [5.74, 6) is 0. The van der Waals surface area contributed by atoms with Gasteiger partial charge in [-0.05, 0) is 49.3 Å². The molecule has 2 aliphatic rings. The third-order valence-corrected chi connectivity index (χ3v) is 5.44. The van der Waals surface area contributed by atoms with E-state index in [1.807, 2.05) is 12.1 Å². The van der Waals surface area contributed by atoms with Gasteiger partial charge in [-0.25, -0.2) is 0 Å². The highest BCUT2D eigenvalue weighted by Gasteiger charge is 2.37. The number of aldehydes is 1. The predicted molar refractivity (Wildman–Crippen MR) is 81.9 cm³/mol. The minimum Gasteiger partial charge on any atom is -0.371 e. The largest absolute Gasteiger partial charge is 0.371 e. The Balaban J connectivity index is 1.77. The average Bonchev–Trinajstić information content (AvgIpc) is 2.88. The monoisotopic (exact) mass is 321 g/mol. The van der Waals surface area contributed by atoms with Gasteiger partial charge in [0.2, 0.25) is 0 Å². The summed E-state index contributed by atoms with van der Waals surface area (Å²) in [7, 11) is 0. The zero-order valence-electron chi connectivity index (χ0n) is 11.2. The van der Waals surface area contributed by atoms with Crippen LogP contribution < -0.4 is 4.90 Å². The summed E-state index contributed by atoms with van der Waals surface area (Å²) in [6.45, 7) is 2.19. The van der Waals surface area contributed by atoms with Crippen LogP contribution in [0.2, 0.25) is 0 Å². The first-order valence-corrected chi connectivity index (χ1v) is 8.01. The van der Waals surface area contributed by atoms with Crippen molar-refractivity contribution in [2.75, 3.05) is 18.0 Å². The number of hydrogen-bond donors (Lipinski definition) is 0. The van der Waals surface area contributed by atoms with E-state index in [0.717, 1.165) is 35.1 Å². The van der Waals surface area contributed by atoms with Crippen molar-refractivity contribution in [2.45, 2.75) is 38.5 Å². The van der Waals surface area contributed by atoms with E-state index in [9.17, 15) is 4.79 Å². The van der Waals surface area contributed by atoms with Gasteiger partial charge >= 0.3 is 0 Å². The van der Waals surface area contributed by atoms with Crippen molar-refractivity contribution >= 4 is 27.9 Å². The number of benzene rings is 1. The van der Waals surface area contributed by atoms with E-state index in [4.69, 9.17) is 0 Å². The van der Waals surface area contributed by atoms with Crippen LogP contribution in [-0.2, 0) is 0 Å². The van der Waals surface area contributed by atoms with E-state index < -0.39 is 0 Å². The summed E-state index contributed by atoms with van der Waals surface area (Å²) in [6, 6.07) is 5.93. The molecule has 19 heavy (non-hydrogen) atoms. The zero-order valence-corrected chi connectivity index (χ0v) is 12.8. The molecule has 3 heteroatoms. The van der Waals surface area contributed by atoms with Crippen LogP contribution >= 0.6 is 15.9 Å². The van der Waals surface area contributed by atoms with Crippen LogP contribution in [0.25, 0.3) is 0 Å². The van der Waals surface area contributed by atoms with Crippen molar-refractivity contribution in [3.63, 3.8) is 0 Å². The SMILES string of the molecule is O=Cc1ccc(Br)cc1N1CCC2(CCCC2)CC1. The van der Waals surface area contributed by atoms with E-state index in [0.29, 0.717) is 5.41 Å². The molecular weight excluding hydrogens is 302 g/mol. The quantitative estimate of drug-likeness (QED) is 0.751. The Morgan fingerprint density at radius 1 is 1.11 bits per heavy atom. The van der Waals surface area contributed by atoms with Gasteiger partial charge in [-0.3, -0.25) is 4.79 Å². The molecule has 1 spiro atoms. The first-order chi connectivity index (χ1) is 9.22. The lowest BCUT2D eigenvalue weighted by molar-refractivity contribution is 0.112. The van der Waals surface area contributed by atoms with Gasteiger partial charge in [0, 0.05) is 28.8 Å². The molecule has 2 fully saturated rings. The number of rotatable bonds is 2. The van der Waals surface area contributed by atoms with Gasteiger partial charge in [-0.15, -0.1) is 0 Å². The first-order valence-electron chi connectivity index (χ1n) is 7.22. The van der Waals surface area contributed by atoms with Crippen LogP contribution in [0.1, 0.15) is 48.9 Å². The van der Waals surface area contributed by atoms with Gasteiger partial charge in [0.25, 0.3) is 0 Å². The predicted octanol–water partition coefficient (Wildman–Crippen LogP) is 4.42. The van der Waals surface area contributed by atoms with Gasteiger partial charge in [-0.1, -0.05) is 28.8 Å². The minimum absolute atomic E-state index is 0.629. The van der Waals surface area contributed by atoms with Crippen LogP contribution in [0.3, 0.4) is 0 Å². The molecule has 0 radical (unpaired) electrons. The molecule has 102 valence electrons. The van der Waals surface area contributed by atoms with Crippen molar-refractivity contribution in [1.29, 1.82) is 0 Å². The summed E-state index contributed by atoms with van der Waals surface area (Å²) in [5, 5.41) is 0. The lowest BCUT2D eigenvalue weighted by Gasteiger charge is -2.41. The Morgan fingerprint density at radius 2 is 1.79 bits per heavy atom. The maximum Gasteiger partial charge on any atom is 0.152 e. The van der Waals surface area contributed by atoms with Crippen LogP contribution in [-0.4, -0.2) is 19.4 Å². The number of hydrogen-bond acceptors (Lipinski definition) is 2. The molecule has 3 rings (SSSR count). The minimum atomic E-state index is 0.629. The Morgan fingerprint density at radius 3 is 2.42 bits per heavy atom. The molecule has 0 unspecified atom stereocenters. The second-order valence-electron chi connectivity index (χ2n) is 6.02. The van der Waals surface area contributed by atoms with E-state index in [1.54, 1.807) is 0 Å². The van der Waals surface area contributed by atoms with Crippen LogP contribution in [0.4, 0.5) is 5.69 Å². The molecule has 1 aliphatic heterocycles. The number of carbonyl (C=O) groups is 1. The standard InChI is InChI=1S/C16H20BrNO/c17-14-4-3-13(12-19)15(11-14)18-9-7-16(8-10-18)5-1-2-6-16/h3-4,11-12H,1-2,5-10H2. The molecule has 1 saturated carbocycles. The van der Waals surface area contributed by atoms with E-state index in [-0.39, 0.29) is 0 Å². The fourth-order valence-electron chi connectivity index (χ4n) is 3.74.